The Bertz CT molecular complexity index is 385. The molecule has 2 heterocycles. The van der Waals surface area contributed by atoms with Gasteiger partial charge in [0, 0.05) is 24.5 Å². The van der Waals surface area contributed by atoms with Gasteiger partial charge in [0.2, 0.25) is 11.8 Å². The Morgan fingerprint density at radius 3 is 2.75 bits per heavy atom. The van der Waals surface area contributed by atoms with E-state index in [1.165, 1.54) is 32.1 Å². The van der Waals surface area contributed by atoms with Gasteiger partial charge in [-0.05, 0) is 32.2 Å². The van der Waals surface area contributed by atoms with Crippen LogP contribution in [0.1, 0.15) is 51.4 Å². The van der Waals surface area contributed by atoms with Crippen LogP contribution < -0.4 is 16.0 Å². The predicted molar refractivity (Wildman–Crippen MR) is 76.1 cm³/mol. The zero-order valence-corrected chi connectivity index (χ0v) is 12.0. The van der Waals surface area contributed by atoms with Crippen LogP contribution in [-0.4, -0.2) is 36.5 Å². The van der Waals surface area contributed by atoms with Crippen LogP contribution >= 0.6 is 0 Å². The molecule has 2 saturated heterocycles. The second-order valence-electron chi connectivity index (χ2n) is 6.67. The summed E-state index contributed by atoms with van der Waals surface area (Å²) in [6.45, 7) is 1.49. The highest BCUT2D eigenvalue weighted by Gasteiger charge is 2.38. The molecule has 5 heteroatoms. The summed E-state index contributed by atoms with van der Waals surface area (Å²) < 4.78 is 0. The summed E-state index contributed by atoms with van der Waals surface area (Å²) in [5.41, 5.74) is 0.262. The van der Waals surface area contributed by atoms with Gasteiger partial charge in [-0.2, -0.15) is 0 Å². The molecule has 3 aliphatic rings. The fourth-order valence-electron chi connectivity index (χ4n) is 4.00. The standard InChI is InChI=1S/C15H25N3O2/c19-13-8-11(10-16-13)14(20)18-12-4-7-17-15(9-12)5-2-1-3-6-15/h11-12,17H,1-10H2,(H,16,19)(H,18,20). The molecule has 0 aromatic heterocycles. The maximum atomic E-state index is 12.2. The normalized spacial score (nSPS) is 32.9. The lowest BCUT2D eigenvalue weighted by atomic mass is 9.75. The second-order valence-corrected chi connectivity index (χ2v) is 6.67. The summed E-state index contributed by atoms with van der Waals surface area (Å²) in [6, 6.07) is 0.276. The van der Waals surface area contributed by atoms with Crippen LogP contribution in [0.5, 0.6) is 0 Å². The van der Waals surface area contributed by atoms with Crippen molar-refractivity contribution in [3.8, 4) is 0 Å². The van der Waals surface area contributed by atoms with Crippen molar-refractivity contribution in [3.05, 3.63) is 0 Å². The molecule has 1 aliphatic carbocycles. The molecular formula is C15H25N3O2. The van der Waals surface area contributed by atoms with E-state index in [9.17, 15) is 9.59 Å². The van der Waals surface area contributed by atoms with Crippen LogP contribution in [0.4, 0.5) is 0 Å². The predicted octanol–water partition coefficient (Wildman–Crippen LogP) is 0.694. The van der Waals surface area contributed by atoms with E-state index in [1.54, 1.807) is 0 Å². The first-order chi connectivity index (χ1) is 9.67. The third-order valence-electron chi connectivity index (χ3n) is 5.14. The van der Waals surface area contributed by atoms with Crippen molar-refractivity contribution in [2.24, 2.45) is 5.92 Å². The maximum Gasteiger partial charge on any atom is 0.225 e. The van der Waals surface area contributed by atoms with E-state index in [1.807, 2.05) is 0 Å². The number of hydrogen-bond donors (Lipinski definition) is 3. The number of rotatable bonds is 2. The molecule has 3 rings (SSSR count). The molecule has 2 amide bonds. The molecule has 2 aliphatic heterocycles. The lowest BCUT2D eigenvalue weighted by Gasteiger charge is -2.45. The van der Waals surface area contributed by atoms with Crippen molar-refractivity contribution in [1.82, 2.24) is 16.0 Å². The fraction of sp³-hybridized carbons (Fsp3) is 0.867. The Balaban J connectivity index is 1.54. The van der Waals surface area contributed by atoms with Crippen LogP contribution in [-0.2, 0) is 9.59 Å². The van der Waals surface area contributed by atoms with Gasteiger partial charge in [0.1, 0.15) is 0 Å². The number of nitrogens with one attached hydrogen (secondary N) is 3. The van der Waals surface area contributed by atoms with Gasteiger partial charge < -0.3 is 16.0 Å². The van der Waals surface area contributed by atoms with Crippen LogP contribution in [0.25, 0.3) is 0 Å². The summed E-state index contributed by atoms with van der Waals surface area (Å²) in [7, 11) is 0. The van der Waals surface area contributed by atoms with Gasteiger partial charge in [0.05, 0.1) is 5.92 Å². The van der Waals surface area contributed by atoms with E-state index >= 15 is 0 Å². The molecule has 0 aromatic rings. The second kappa shape index (κ2) is 5.72. The Kier molecular flexibility index (Phi) is 3.96. The molecule has 1 saturated carbocycles. The van der Waals surface area contributed by atoms with Crippen LogP contribution in [0.3, 0.4) is 0 Å². The van der Waals surface area contributed by atoms with E-state index in [2.05, 4.69) is 16.0 Å². The zero-order valence-electron chi connectivity index (χ0n) is 12.0. The van der Waals surface area contributed by atoms with E-state index in [0.717, 1.165) is 19.4 Å². The molecule has 1 spiro atoms. The van der Waals surface area contributed by atoms with Crippen molar-refractivity contribution in [2.75, 3.05) is 13.1 Å². The first-order valence-electron chi connectivity index (χ1n) is 7.99. The van der Waals surface area contributed by atoms with Gasteiger partial charge in [-0.3, -0.25) is 9.59 Å². The average molecular weight is 279 g/mol. The largest absolute Gasteiger partial charge is 0.355 e. The molecule has 2 unspecified atom stereocenters. The van der Waals surface area contributed by atoms with Gasteiger partial charge in [-0.25, -0.2) is 0 Å². The highest BCUT2D eigenvalue weighted by atomic mass is 16.2. The first kappa shape index (κ1) is 13.9. The number of amides is 2. The van der Waals surface area contributed by atoms with Gasteiger partial charge in [-0.15, -0.1) is 0 Å². The minimum atomic E-state index is -0.167. The molecule has 112 valence electrons. The lowest BCUT2D eigenvalue weighted by Crippen LogP contribution is -2.57. The Labute approximate surface area is 120 Å². The number of piperidine rings is 1. The van der Waals surface area contributed by atoms with E-state index in [0.29, 0.717) is 13.0 Å². The Hall–Kier alpha value is -1.10. The smallest absolute Gasteiger partial charge is 0.225 e. The van der Waals surface area contributed by atoms with Crippen molar-refractivity contribution in [3.63, 3.8) is 0 Å². The Morgan fingerprint density at radius 1 is 1.25 bits per heavy atom. The third-order valence-corrected chi connectivity index (χ3v) is 5.14. The molecule has 5 nitrogen and oxygen atoms in total. The molecule has 0 aromatic carbocycles. The zero-order chi connectivity index (χ0) is 14.0. The summed E-state index contributed by atoms with van der Waals surface area (Å²) in [6.07, 6.45) is 8.82. The SMILES string of the molecule is O=C1CC(C(=O)NC2CCNC3(CCCCC3)C2)CN1. The first-order valence-corrected chi connectivity index (χ1v) is 7.99. The lowest BCUT2D eigenvalue weighted by molar-refractivity contribution is -0.127. The van der Waals surface area contributed by atoms with Gasteiger partial charge >= 0.3 is 0 Å². The van der Waals surface area contributed by atoms with Crippen molar-refractivity contribution < 1.29 is 9.59 Å². The van der Waals surface area contributed by atoms with E-state index in [4.69, 9.17) is 0 Å². The summed E-state index contributed by atoms with van der Waals surface area (Å²) in [5, 5.41) is 9.61. The minimum Gasteiger partial charge on any atom is -0.355 e. The van der Waals surface area contributed by atoms with Crippen LogP contribution in [0.2, 0.25) is 0 Å². The Morgan fingerprint density at radius 2 is 2.05 bits per heavy atom. The summed E-state index contributed by atoms with van der Waals surface area (Å²) in [4.78, 5) is 23.4. The van der Waals surface area contributed by atoms with E-state index < -0.39 is 0 Å². The van der Waals surface area contributed by atoms with Crippen molar-refractivity contribution in [1.29, 1.82) is 0 Å². The molecular weight excluding hydrogens is 254 g/mol. The van der Waals surface area contributed by atoms with Crippen molar-refractivity contribution in [2.45, 2.75) is 62.9 Å². The third kappa shape index (κ3) is 2.97. The molecule has 3 N–H and O–H groups in total. The average Bonchev–Trinajstić information content (AvgIpc) is 2.86. The molecule has 3 fully saturated rings. The number of carbonyl (C=O) groups excluding carboxylic acids is 2. The fourth-order valence-corrected chi connectivity index (χ4v) is 4.00. The van der Waals surface area contributed by atoms with Gasteiger partial charge in [0.15, 0.2) is 0 Å². The van der Waals surface area contributed by atoms with Gasteiger partial charge in [-0.1, -0.05) is 19.3 Å². The highest BCUT2D eigenvalue weighted by Crippen LogP contribution is 2.34. The molecule has 0 radical (unpaired) electrons. The summed E-state index contributed by atoms with van der Waals surface area (Å²) >= 11 is 0. The van der Waals surface area contributed by atoms with Crippen LogP contribution in [0.15, 0.2) is 0 Å². The number of hydrogen-bond acceptors (Lipinski definition) is 3. The minimum absolute atomic E-state index is 0.000730. The van der Waals surface area contributed by atoms with Crippen LogP contribution in [0, 0.1) is 5.92 Å². The molecule has 20 heavy (non-hydrogen) atoms. The number of carbonyl (C=O) groups is 2. The molecule has 0 bridgehead atoms. The summed E-state index contributed by atoms with van der Waals surface area (Å²) in [5.74, 6) is -0.111. The molecule has 2 atom stereocenters. The topological polar surface area (TPSA) is 70.2 Å². The van der Waals surface area contributed by atoms with Crippen molar-refractivity contribution >= 4 is 11.8 Å². The maximum absolute atomic E-state index is 12.2. The van der Waals surface area contributed by atoms with E-state index in [-0.39, 0.29) is 29.3 Å². The highest BCUT2D eigenvalue weighted by molar-refractivity contribution is 5.89. The van der Waals surface area contributed by atoms with Gasteiger partial charge in [0.25, 0.3) is 0 Å². The monoisotopic (exact) mass is 279 g/mol. The quantitative estimate of drug-likeness (QED) is 0.696.